The normalized spacial score (nSPS) is 16.0. The molecule has 0 fully saturated rings. The Labute approximate surface area is 87.7 Å². The molecule has 0 saturated carbocycles. The number of fused-ring (bicyclic) bond motifs is 1. The summed E-state index contributed by atoms with van der Waals surface area (Å²) in [5, 5.41) is 8.73. The molecule has 2 rings (SSSR count). The second-order valence-electron chi connectivity index (χ2n) is 3.56. The van der Waals surface area contributed by atoms with Gasteiger partial charge in [0.15, 0.2) is 0 Å². The lowest BCUT2D eigenvalue weighted by atomic mass is 10.2. The van der Waals surface area contributed by atoms with Gasteiger partial charge >= 0.3 is 0 Å². The maximum absolute atomic E-state index is 8.73. The Balaban J connectivity index is 2.40. The Morgan fingerprint density at radius 2 is 2.36 bits per heavy atom. The number of hydrogen-bond donors (Lipinski definition) is 1. The Hall–Kier alpha value is -1.27. The van der Waals surface area contributed by atoms with Crippen molar-refractivity contribution in [2.45, 2.75) is 26.2 Å². The van der Waals surface area contributed by atoms with Crippen molar-refractivity contribution in [2.24, 2.45) is 5.73 Å². The molecule has 0 atom stereocenters. The van der Waals surface area contributed by atoms with Crippen molar-refractivity contribution in [3.05, 3.63) is 27.0 Å². The van der Waals surface area contributed by atoms with Gasteiger partial charge < -0.3 is 5.73 Å². The van der Waals surface area contributed by atoms with Crippen molar-refractivity contribution in [3.8, 4) is 6.07 Å². The Morgan fingerprint density at radius 1 is 1.57 bits per heavy atom. The van der Waals surface area contributed by atoms with Gasteiger partial charge in [0.1, 0.15) is 0 Å². The van der Waals surface area contributed by atoms with Crippen LogP contribution >= 0.6 is 11.3 Å². The van der Waals surface area contributed by atoms with Crippen molar-refractivity contribution in [3.63, 3.8) is 0 Å². The topological polar surface area (TPSA) is 49.8 Å². The van der Waals surface area contributed by atoms with E-state index in [2.05, 4.69) is 12.1 Å². The molecule has 1 aromatic rings. The van der Waals surface area contributed by atoms with Crippen molar-refractivity contribution < 1.29 is 0 Å². The van der Waals surface area contributed by atoms with Crippen LogP contribution in [0.3, 0.4) is 0 Å². The predicted molar refractivity (Wildman–Crippen MR) is 58.7 cm³/mol. The number of nitrogens with two attached hydrogens (primary N) is 1. The van der Waals surface area contributed by atoms with E-state index in [4.69, 9.17) is 11.0 Å². The molecule has 0 spiro atoms. The molecule has 0 amide bonds. The molecule has 1 heterocycles. The molecule has 0 aliphatic heterocycles. The maximum atomic E-state index is 8.73. The second-order valence-corrected chi connectivity index (χ2v) is 4.70. The van der Waals surface area contributed by atoms with Crippen LogP contribution in [0, 0.1) is 11.3 Å². The van der Waals surface area contributed by atoms with Gasteiger partial charge in [0.2, 0.25) is 0 Å². The summed E-state index contributed by atoms with van der Waals surface area (Å²) >= 11 is 1.74. The van der Waals surface area contributed by atoms with E-state index in [1.54, 1.807) is 18.3 Å². The molecule has 2 nitrogen and oxygen atoms in total. The van der Waals surface area contributed by atoms with Crippen molar-refractivity contribution in [1.82, 2.24) is 0 Å². The Morgan fingerprint density at radius 3 is 3.00 bits per heavy atom. The molecular formula is C11H12N2S. The smallest absolute Gasteiger partial charge is 0.0966 e. The fourth-order valence-electron chi connectivity index (χ4n) is 1.71. The van der Waals surface area contributed by atoms with E-state index in [1.807, 2.05) is 0 Å². The minimum Gasteiger partial charge on any atom is -0.397 e. The zero-order valence-electron chi connectivity index (χ0n) is 8.13. The van der Waals surface area contributed by atoms with Crippen molar-refractivity contribution in [2.75, 3.05) is 0 Å². The summed E-state index contributed by atoms with van der Waals surface area (Å²) in [6.45, 7) is 1.76. The third-order valence-corrected chi connectivity index (χ3v) is 3.85. The fourth-order valence-corrected chi connectivity index (χ4v) is 2.97. The monoisotopic (exact) mass is 204 g/mol. The molecule has 1 aliphatic rings. The van der Waals surface area contributed by atoms with Crippen LogP contribution in [0.1, 0.15) is 28.7 Å². The van der Waals surface area contributed by atoms with E-state index in [-0.39, 0.29) is 0 Å². The third kappa shape index (κ3) is 1.42. The molecule has 0 unspecified atom stereocenters. The zero-order valence-corrected chi connectivity index (χ0v) is 8.95. The van der Waals surface area contributed by atoms with Gasteiger partial charge in [-0.2, -0.15) is 5.26 Å². The van der Waals surface area contributed by atoms with Crippen LogP contribution in [-0.2, 0) is 12.8 Å². The Bertz CT molecular complexity index is 413. The van der Waals surface area contributed by atoms with Gasteiger partial charge in [-0.15, -0.1) is 11.3 Å². The largest absolute Gasteiger partial charge is 0.397 e. The lowest BCUT2D eigenvalue weighted by Crippen LogP contribution is -1.96. The number of hydrogen-bond acceptors (Lipinski definition) is 3. The van der Waals surface area contributed by atoms with E-state index in [0.29, 0.717) is 11.3 Å². The van der Waals surface area contributed by atoms with Gasteiger partial charge in [-0.25, -0.2) is 0 Å². The summed E-state index contributed by atoms with van der Waals surface area (Å²) in [7, 11) is 0. The predicted octanol–water partition coefficient (Wildman–Crippen LogP) is 2.45. The second kappa shape index (κ2) is 3.47. The average molecular weight is 204 g/mol. The summed E-state index contributed by atoms with van der Waals surface area (Å²) in [4.78, 5) is 2.52. The Kier molecular flexibility index (Phi) is 2.30. The molecule has 0 bridgehead atoms. The first-order valence-corrected chi connectivity index (χ1v) is 5.52. The SMILES string of the molecule is CC(C#N)=C(N)c1cc2c(s1)CCC2. The van der Waals surface area contributed by atoms with Gasteiger partial charge in [0.25, 0.3) is 0 Å². The van der Waals surface area contributed by atoms with Crippen LogP contribution < -0.4 is 5.73 Å². The van der Waals surface area contributed by atoms with Crippen LogP contribution in [0.4, 0.5) is 0 Å². The number of thiophene rings is 1. The molecule has 0 saturated heterocycles. The average Bonchev–Trinajstić information content (AvgIpc) is 2.74. The lowest BCUT2D eigenvalue weighted by molar-refractivity contribution is 0.914. The van der Waals surface area contributed by atoms with Gasteiger partial charge in [-0.3, -0.25) is 0 Å². The maximum Gasteiger partial charge on any atom is 0.0966 e. The minimum atomic E-state index is 0.616. The summed E-state index contributed by atoms with van der Waals surface area (Å²) < 4.78 is 0. The number of aryl methyl sites for hydroxylation is 2. The van der Waals surface area contributed by atoms with Crippen LogP contribution in [0.25, 0.3) is 5.70 Å². The summed E-state index contributed by atoms with van der Waals surface area (Å²) in [5.41, 5.74) is 8.57. The number of rotatable bonds is 1. The van der Waals surface area contributed by atoms with Crippen LogP contribution in [0.5, 0.6) is 0 Å². The summed E-state index contributed by atoms with van der Waals surface area (Å²) in [6.07, 6.45) is 3.62. The van der Waals surface area contributed by atoms with E-state index < -0.39 is 0 Å². The summed E-state index contributed by atoms with van der Waals surface area (Å²) in [6, 6.07) is 4.23. The van der Waals surface area contributed by atoms with Crippen molar-refractivity contribution in [1.29, 1.82) is 5.26 Å². The minimum absolute atomic E-state index is 0.616. The molecule has 1 aliphatic carbocycles. The quantitative estimate of drug-likeness (QED) is 0.714. The first kappa shape index (κ1) is 9.29. The molecule has 14 heavy (non-hydrogen) atoms. The van der Waals surface area contributed by atoms with Gasteiger partial charge in [-0.05, 0) is 37.8 Å². The highest BCUT2D eigenvalue weighted by Gasteiger charge is 2.16. The van der Waals surface area contributed by atoms with Crippen LogP contribution in [0.15, 0.2) is 11.6 Å². The molecule has 3 heteroatoms. The van der Waals surface area contributed by atoms with Gasteiger partial charge in [0, 0.05) is 4.88 Å². The van der Waals surface area contributed by atoms with Crippen molar-refractivity contribution >= 4 is 17.0 Å². The molecular weight excluding hydrogens is 192 g/mol. The highest BCUT2D eigenvalue weighted by Crippen LogP contribution is 2.33. The highest BCUT2D eigenvalue weighted by atomic mass is 32.1. The third-order valence-electron chi connectivity index (χ3n) is 2.58. The lowest BCUT2D eigenvalue weighted by Gasteiger charge is -1.97. The molecule has 72 valence electrons. The van der Waals surface area contributed by atoms with E-state index in [9.17, 15) is 0 Å². The van der Waals surface area contributed by atoms with E-state index in [1.165, 1.54) is 29.7 Å². The molecule has 0 radical (unpaired) electrons. The molecule has 2 N–H and O–H groups in total. The molecule has 1 aromatic heterocycles. The van der Waals surface area contributed by atoms with Gasteiger partial charge in [-0.1, -0.05) is 0 Å². The first-order chi connectivity index (χ1) is 6.72. The fraction of sp³-hybridized carbons (Fsp3) is 0.364. The number of nitriles is 1. The molecule has 0 aromatic carbocycles. The van der Waals surface area contributed by atoms with Gasteiger partial charge in [0.05, 0.1) is 22.2 Å². The van der Waals surface area contributed by atoms with E-state index in [0.717, 1.165) is 4.88 Å². The summed E-state index contributed by atoms with van der Waals surface area (Å²) in [5.74, 6) is 0. The van der Waals surface area contributed by atoms with Crippen LogP contribution in [-0.4, -0.2) is 0 Å². The van der Waals surface area contributed by atoms with E-state index >= 15 is 0 Å². The van der Waals surface area contributed by atoms with Crippen LogP contribution in [0.2, 0.25) is 0 Å². The first-order valence-electron chi connectivity index (χ1n) is 4.70. The zero-order chi connectivity index (χ0) is 10.1. The number of nitrogens with zero attached hydrogens (tertiary/aromatic N) is 1. The number of allylic oxidation sites excluding steroid dienone is 1. The highest BCUT2D eigenvalue weighted by molar-refractivity contribution is 7.13. The standard InChI is InChI=1S/C11H12N2S/c1-7(6-12)11(13)10-5-8-3-2-4-9(8)14-10/h5H,2-4,13H2,1H3.